The van der Waals surface area contributed by atoms with Gasteiger partial charge in [-0.05, 0) is 25.5 Å². The number of ether oxygens (including phenoxy) is 1. The molecule has 2 rings (SSSR count). The second-order valence-corrected chi connectivity index (χ2v) is 4.16. The zero-order chi connectivity index (χ0) is 10.5. The van der Waals surface area contributed by atoms with E-state index in [0.29, 0.717) is 5.92 Å². The lowest BCUT2D eigenvalue weighted by molar-refractivity contribution is -0.0272. The van der Waals surface area contributed by atoms with Crippen molar-refractivity contribution in [3.05, 3.63) is 35.9 Å². The van der Waals surface area contributed by atoms with E-state index in [1.165, 1.54) is 18.4 Å². The minimum absolute atomic E-state index is 0.285. The van der Waals surface area contributed by atoms with E-state index in [1.54, 1.807) is 0 Å². The number of rotatable bonds is 3. The molecule has 0 radical (unpaired) electrons. The van der Waals surface area contributed by atoms with E-state index in [-0.39, 0.29) is 6.10 Å². The fourth-order valence-corrected chi connectivity index (χ4v) is 2.33. The van der Waals surface area contributed by atoms with Gasteiger partial charge in [-0.15, -0.1) is 0 Å². The van der Waals surface area contributed by atoms with Crippen molar-refractivity contribution < 1.29 is 4.74 Å². The van der Waals surface area contributed by atoms with Gasteiger partial charge in [-0.2, -0.15) is 0 Å². The molecule has 1 N–H and O–H groups in total. The largest absolute Gasteiger partial charge is 0.373 e. The molecule has 0 aliphatic carbocycles. The predicted octanol–water partition coefficient (Wildman–Crippen LogP) is 2.37. The van der Waals surface area contributed by atoms with Gasteiger partial charge in [0.25, 0.3) is 0 Å². The summed E-state index contributed by atoms with van der Waals surface area (Å²) in [6.45, 7) is 1.94. The Hall–Kier alpha value is -0.860. The van der Waals surface area contributed by atoms with Crippen LogP contribution in [0.1, 0.15) is 24.5 Å². The second-order valence-electron chi connectivity index (χ2n) is 4.16. The molecular formula is C13H19NO. The van der Waals surface area contributed by atoms with Crippen LogP contribution in [0, 0.1) is 5.92 Å². The van der Waals surface area contributed by atoms with Gasteiger partial charge in [0, 0.05) is 19.1 Å². The SMILES string of the molecule is CNC[C@@H]1CCCO[C@H]1c1ccccc1. The van der Waals surface area contributed by atoms with Crippen LogP contribution in [0.3, 0.4) is 0 Å². The Morgan fingerprint density at radius 2 is 2.13 bits per heavy atom. The summed E-state index contributed by atoms with van der Waals surface area (Å²) >= 11 is 0. The van der Waals surface area contributed by atoms with Gasteiger partial charge >= 0.3 is 0 Å². The Kier molecular flexibility index (Phi) is 3.75. The lowest BCUT2D eigenvalue weighted by Crippen LogP contribution is -2.30. The molecule has 0 saturated carbocycles. The van der Waals surface area contributed by atoms with Crippen LogP contribution in [0.4, 0.5) is 0 Å². The number of hydrogen-bond donors (Lipinski definition) is 1. The van der Waals surface area contributed by atoms with Crippen molar-refractivity contribution in [1.82, 2.24) is 5.32 Å². The molecular weight excluding hydrogens is 186 g/mol. The van der Waals surface area contributed by atoms with Crippen molar-refractivity contribution in [3.63, 3.8) is 0 Å². The molecule has 82 valence electrons. The zero-order valence-corrected chi connectivity index (χ0v) is 9.28. The summed E-state index contributed by atoms with van der Waals surface area (Å²) in [5, 5.41) is 3.26. The van der Waals surface area contributed by atoms with Crippen LogP contribution < -0.4 is 5.32 Å². The van der Waals surface area contributed by atoms with Crippen LogP contribution in [0.2, 0.25) is 0 Å². The molecule has 0 bridgehead atoms. The summed E-state index contributed by atoms with van der Waals surface area (Å²) in [5.41, 5.74) is 1.32. The molecule has 0 spiro atoms. The van der Waals surface area contributed by atoms with Crippen molar-refractivity contribution in [2.75, 3.05) is 20.2 Å². The summed E-state index contributed by atoms with van der Waals surface area (Å²) in [5.74, 6) is 0.617. The van der Waals surface area contributed by atoms with Crippen LogP contribution >= 0.6 is 0 Å². The van der Waals surface area contributed by atoms with Crippen molar-refractivity contribution in [1.29, 1.82) is 0 Å². The van der Waals surface area contributed by atoms with Crippen molar-refractivity contribution in [2.24, 2.45) is 5.92 Å². The van der Waals surface area contributed by atoms with Crippen LogP contribution in [0.25, 0.3) is 0 Å². The Bertz CT molecular complexity index is 284. The molecule has 1 aliphatic heterocycles. The van der Waals surface area contributed by atoms with Crippen LogP contribution in [-0.4, -0.2) is 20.2 Å². The molecule has 1 saturated heterocycles. The highest BCUT2D eigenvalue weighted by Gasteiger charge is 2.26. The molecule has 0 unspecified atom stereocenters. The van der Waals surface area contributed by atoms with Gasteiger partial charge in [-0.3, -0.25) is 0 Å². The van der Waals surface area contributed by atoms with Crippen molar-refractivity contribution >= 4 is 0 Å². The summed E-state index contributed by atoms with van der Waals surface area (Å²) < 4.78 is 5.89. The Morgan fingerprint density at radius 3 is 2.87 bits per heavy atom. The third kappa shape index (κ3) is 2.58. The lowest BCUT2D eigenvalue weighted by atomic mass is 9.89. The maximum Gasteiger partial charge on any atom is 0.0865 e. The summed E-state index contributed by atoms with van der Waals surface area (Å²) in [7, 11) is 2.01. The molecule has 15 heavy (non-hydrogen) atoms. The van der Waals surface area contributed by atoms with E-state index < -0.39 is 0 Å². The molecule has 0 aromatic heterocycles. The molecule has 2 heteroatoms. The average Bonchev–Trinajstić information content (AvgIpc) is 2.31. The van der Waals surface area contributed by atoms with E-state index in [0.717, 1.165) is 13.2 Å². The van der Waals surface area contributed by atoms with E-state index in [9.17, 15) is 0 Å². The fraction of sp³-hybridized carbons (Fsp3) is 0.538. The van der Waals surface area contributed by atoms with E-state index in [4.69, 9.17) is 4.74 Å². The van der Waals surface area contributed by atoms with Gasteiger partial charge in [0.1, 0.15) is 0 Å². The molecule has 2 nitrogen and oxygen atoms in total. The number of hydrogen-bond acceptors (Lipinski definition) is 2. The highest BCUT2D eigenvalue weighted by molar-refractivity contribution is 5.18. The van der Waals surface area contributed by atoms with Gasteiger partial charge in [0.2, 0.25) is 0 Å². The van der Waals surface area contributed by atoms with Crippen LogP contribution in [-0.2, 0) is 4.74 Å². The maximum absolute atomic E-state index is 5.89. The van der Waals surface area contributed by atoms with Crippen LogP contribution in [0.15, 0.2) is 30.3 Å². The topological polar surface area (TPSA) is 21.3 Å². The number of benzene rings is 1. The second kappa shape index (κ2) is 5.29. The minimum Gasteiger partial charge on any atom is -0.373 e. The van der Waals surface area contributed by atoms with Gasteiger partial charge in [-0.25, -0.2) is 0 Å². The molecule has 1 aliphatic rings. The monoisotopic (exact) mass is 205 g/mol. The van der Waals surface area contributed by atoms with Gasteiger partial charge in [-0.1, -0.05) is 30.3 Å². The highest BCUT2D eigenvalue weighted by atomic mass is 16.5. The third-order valence-electron chi connectivity index (χ3n) is 3.04. The summed E-state index contributed by atoms with van der Waals surface area (Å²) in [6.07, 6.45) is 2.74. The number of nitrogens with one attached hydrogen (secondary N) is 1. The zero-order valence-electron chi connectivity index (χ0n) is 9.28. The molecule has 1 aromatic carbocycles. The third-order valence-corrected chi connectivity index (χ3v) is 3.04. The average molecular weight is 205 g/mol. The maximum atomic E-state index is 5.89. The minimum atomic E-state index is 0.285. The summed E-state index contributed by atoms with van der Waals surface area (Å²) in [4.78, 5) is 0. The van der Waals surface area contributed by atoms with Crippen molar-refractivity contribution in [2.45, 2.75) is 18.9 Å². The first-order valence-corrected chi connectivity index (χ1v) is 5.73. The molecule has 1 aromatic rings. The first-order valence-electron chi connectivity index (χ1n) is 5.73. The summed E-state index contributed by atoms with van der Waals surface area (Å²) in [6, 6.07) is 10.6. The van der Waals surface area contributed by atoms with E-state index in [2.05, 4.69) is 35.6 Å². The Morgan fingerprint density at radius 1 is 1.33 bits per heavy atom. The first kappa shape index (κ1) is 10.7. The standard InChI is InChI=1S/C13H19NO/c1-14-10-12-8-5-9-15-13(12)11-6-3-2-4-7-11/h2-4,6-7,12-14H,5,8-10H2,1H3/t12-,13-/m0/s1. The van der Waals surface area contributed by atoms with Gasteiger partial charge < -0.3 is 10.1 Å². The van der Waals surface area contributed by atoms with Gasteiger partial charge in [0.15, 0.2) is 0 Å². The van der Waals surface area contributed by atoms with E-state index in [1.807, 2.05) is 7.05 Å². The smallest absolute Gasteiger partial charge is 0.0865 e. The van der Waals surface area contributed by atoms with Crippen molar-refractivity contribution in [3.8, 4) is 0 Å². The quantitative estimate of drug-likeness (QED) is 0.818. The Balaban J connectivity index is 2.11. The van der Waals surface area contributed by atoms with E-state index >= 15 is 0 Å². The highest BCUT2D eigenvalue weighted by Crippen LogP contribution is 2.32. The lowest BCUT2D eigenvalue weighted by Gasteiger charge is -2.32. The Labute approximate surface area is 91.6 Å². The normalized spacial score (nSPS) is 26.5. The molecule has 2 atom stereocenters. The molecule has 0 amide bonds. The molecule has 1 heterocycles. The van der Waals surface area contributed by atoms with Gasteiger partial charge in [0.05, 0.1) is 6.10 Å². The fourth-order valence-electron chi connectivity index (χ4n) is 2.33. The van der Waals surface area contributed by atoms with Crippen LogP contribution in [0.5, 0.6) is 0 Å². The predicted molar refractivity (Wildman–Crippen MR) is 61.8 cm³/mol. The first-order chi connectivity index (χ1) is 7.42. The molecule has 1 fully saturated rings.